The number of nitrogens with zero attached hydrogens (tertiary/aromatic N) is 2. The molecule has 8 nitrogen and oxygen atoms in total. The minimum Gasteiger partial charge on any atom is -0.475 e. The topological polar surface area (TPSA) is 114 Å². The Morgan fingerprint density at radius 3 is 2.79 bits per heavy atom. The molecule has 19 heavy (non-hydrogen) atoms. The van der Waals surface area contributed by atoms with Crippen LogP contribution in [0.2, 0.25) is 0 Å². The molecule has 9 heteroatoms. The summed E-state index contributed by atoms with van der Waals surface area (Å²) in [6.45, 7) is 0.0410. The SMILES string of the molecule is Cn1cc(CNS(=O)(=O)c2ccc(C(=O)O)o2)cn1. The second kappa shape index (κ2) is 4.86. The second-order valence-corrected chi connectivity index (χ2v) is 5.47. The van der Waals surface area contributed by atoms with E-state index < -0.39 is 26.8 Å². The average Bonchev–Trinajstić information content (AvgIpc) is 2.95. The molecular weight excluding hydrogens is 274 g/mol. The molecular formula is C10H11N3O5S. The first-order chi connectivity index (χ1) is 8.88. The summed E-state index contributed by atoms with van der Waals surface area (Å²) in [5.74, 6) is -1.75. The van der Waals surface area contributed by atoms with Crippen molar-refractivity contribution in [3.8, 4) is 0 Å². The fourth-order valence-corrected chi connectivity index (χ4v) is 2.34. The fraction of sp³-hybridized carbons (Fsp3) is 0.200. The van der Waals surface area contributed by atoms with E-state index in [0.717, 1.165) is 12.1 Å². The van der Waals surface area contributed by atoms with Gasteiger partial charge in [0.15, 0.2) is 0 Å². The highest BCUT2D eigenvalue weighted by atomic mass is 32.2. The molecule has 2 N–H and O–H groups in total. The van der Waals surface area contributed by atoms with Crippen LogP contribution in [0.25, 0.3) is 0 Å². The summed E-state index contributed by atoms with van der Waals surface area (Å²) in [6.07, 6.45) is 3.18. The van der Waals surface area contributed by atoms with Gasteiger partial charge in [-0.15, -0.1) is 0 Å². The molecule has 2 aromatic rings. The van der Waals surface area contributed by atoms with Gasteiger partial charge in [0.1, 0.15) is 0 Å². The average molecular weight is 285 g/mol. The Kier molecular flexibility index (Phi) is 3.40. The standard InChI is InChI=1S/C10H11N3O5S/c1-13-6-7(4-11-13)5-12-19(16,17)9-3-2-8(18-9)10(14)15/h2-4,6,12H,5H2,1H3,(H,14,15). The van der Waals surface area contributed by atoms with E-state index in [1.165, 1.54) is 6.20 Å². The van der Waals surface area contributed by atoms with Gasteiger partial charge >= 0.3 is 5.97 Å². The molecule has 0 aromatic carbocycles. The van der Waals surface area contributed by atoms with Crippen LogP contribution in [0, 0.1) is 0 Å². The van der Waals surface area contributed by atoms with Gasteiger partial charge in [-0.05, 0) is 12.1 Å². The Bertz CT molecular complexity index is 700. The molecule has 0 fully saturated rings. The van der Waals surface area contributed by atoms with Crippen LogP contribution in [-0.2, 0) is 23.6 Å². The molecule has 102 valence electrons. The van der Waals surface area contributed by atoms with Gasteiger partial charge in [-0.25, -0.2) is 17.9 Å². The van der Waals surface area contributed by atoms with Crippen LogP contribution < -0.4 is 4.72 Å². The number of nitrogens with one attached hydrogen (secondary N) is 1. The second-order valence-electron chi connectivity index (χ2n) is 3.77. The van der Waals surface area contributed by atoms with Crippen LogP contribution in [-0.4, -0.2) is 29.3 Å². The number of carbonyl (C=O) groups is 1. The summed E-state index contributed by atoms with van der Waals surface area (Å²) in [7, 11) is -2.17. The predicted octanol–water partition coefficient (Wildman–Crippen LogP) is 0.190. The molecule has 0 atom stereocenters. The molecule has 0 bridgehead atoms. The smallest absolute Gasteiger partial charge is 0.371 e. The Balaban J connectivity index is 2.11. The van der Waals surface area contributed by atoms with Crippen molar-refractivity contribution in [3.63, 3.8) is 0 Å². The van der Waals surface area contributed by atoms with Gasteiger partial charge in [-0.2, -0.15) is 5.10 Å². The minimum absolute atomic E-state index is 0.0410. The normalized spacial score (nSPS) is 11.6. The Hall–Kier alpha value is -2.13. The maximum Gasteiger partial charge on any atom is 0.371 e. The van der Waals surface area contributed by atoms with Gasteiger partial charge in [0.05, 0.1) is 6.20 Å². The maximum absolute atomic E-state index is 11.8. The van der Waals surface area contributed by atoms with Crippen LogP contribution in [0.1, 0.15) is 16.1 Å². The number of sulfonamides is 1. The third kappa shape index (κ3) is 3.01. The number of carboxylic acids is 1. The van der Waals surface area contributed by atoms with Crippen molar-refractivity contribution >= 4 is 16.0 Å². The summed E-state index contributed by atoms with van der Waals surface area (Å²) in [4.78, 5) is 10.6. The molecule has 0 spiro atoms. The first-order valence-corrected chi connectivity index (χ1v) is 6.67. The highest BCUT2D eigenvalue weighted by molar-refractivity contribution is 7.89. The number of furan rings is 1. The molecule has 0 aliphatic rings. The molecule has 0 unspecified atom stereocenters. The quantitative estimate of drug-likeness (QED) is 0.810. The van der Waals surface area contributed by atoms with Crippen LogP contribution in [0.3, 0.4) is 0 Å². The maximum atomic E-state index is 11.8. The first kappa shape index (κ1) is 13.3. The minimum atomic E-state index is -3.88. The van der Waals surface area contributed by atoms with Gasteiger partial charge in [0.2, 0.25) is 10.9 Å². The van der Waals surface area contributed by atoms with E-state index in [9.17, 15) is 13.2 Å². The Morgan fingerprint density at radius 1 is 1.53 bits per heavy atom. The number of aromatic carboxylic acids is 1. The molecule has 2 rings (SSSR count). The van der Waals surface area contributed by atoms with E-state index >= 15 is 0 Å². The first-order valence-electron chi connectivity index (χ1n) is 5.19. The number of hydrogen-bond acceptors (Lipinski definition) is 5. The monoisotopic (exact) mass is 285 g/mol. The van der Waals surface area contributed by atoms with E-state index in [-0.39, 0.29) is 6.54 Å². The summed E-state index contributed by atoms with van der Waals surface area (Å²) in [6, 6.07) is 2.18. The van der Waals surface area contributed by atoms with Gasteiger partial charge in [-0.1, -0.05) is 0 Å². The largest absolute Gasteiger partial charge is 0.475 e. The van der Waals surface area contributed by atoms with Crippen LogP contribution in [0.4, 0.5) is 0 Å². The zero-order chi connectivity index (χ0) is 14.0. The summed E-state index contributed by atoms with van der Waals surface area (Å²) in [5, 5.41) is 12.1. The van der Waals surface area contributed by atoms with E-state index in [2.05, 4.69) is 9.82 Å². The number of hydrogen-bond donors (Lipinski definition) is 2. The molecule has 2 heterocycles. The number of carboxylic acid groups (broad SMARTS) is 1. The molecule has 0 radical (unpaired) electrons. The molecule has 0 saturated heterocycles. The van der Waals surface area contributed by atoms with Crippen molar-refractivity contribution in [2.24, 2.45) is 7.05 Å². The summed E-state index contributed by atoms with van der Waals surface area (Å²) < 4.78 is 32.2. The van der Waals surface area contributed by atoms with Crippen molar-refractivity contribution in [1.29, 1.82) is 0 Å². The zero-order valence-corrected chi connectivity index (χ0v) is 10.7. The summed E-state index contributed by atoms with van der Waals surface area (Å²) >= 11 is 0. The predicted molar refractivity (Wildman–Crippen MR) is 62.9 cm³/mol. The van der Waals surface area contributed by atoms with E-state index in [4.69, 9.17) is 9.52 Å². The van der Waals surface area contributed by atoms with E-state index in [0.29, 0.717) is 5.56 Å². The zero-order valence-electron chi connectivity index (χ0n) is 9.90. The molecule has 0 amide bonds. The van der Waals surface area contributed by atoms with Crippen molar-refractivity contribution in [2.75, 3.05) is 0 Å². The van der Waals surface area contributed by atoms with Gasteiger partial charge in [0.25, 0.3) is 10.0 Å². The van der Waals surface area contributed by atoms with E-state index in [1.807, 2.05) is 0 Å². The van der Waals surface area contributed by atoms with Crippen molar-refractivity contribution < 1.29 is 22.7 Å². The molecule has 2 aromatic heterocycles. The number of rotatable bonds is 5. The molecule has 0 aliphatic heterocycles. The number of aromatic nitrogens is 2. The Labute approximate surface area is 108 Å². The van der Waals surface area contributed by atoms with Crippen LogP contribution in [0.5, 0.6) is 0 Å². The number of aryl methyl sites for hydroxylation is 1. The van der Waals surface area contributed by atoms with Crippen LogP contribution >= 0.6 is 0 Å². The lowest BCUT2D eigenvalue weighted by atomic mass is 10.4. The van der Waals surface area contributed by atoms with Gasteiger partial charge in [-0.3, -0.25) is 4.68 Å². The third-order valence-electron chi connectivity index (χ3n) is 2.28. The van der Waals surface area contributed by atoms with Crippen LogP contribution in [0.15, 0.2) is 34.0 Å². The van der Waals surface area contributed by atoms with Crippen molar-refractivity contribution in [1.82, 2.24) is 14.5 Å². The van der Waals surface area contributed by atoms with Gasteiger partial charge in [0, 0.05) is 25.4 Å². The fourth-order valence-electron chi connectivity index (χ4n) is 1.39. The molecule has 0 saturated carbocycles. The lowest BCUT2D eigenvalue weighted by Crippen LogP contribution is -2.22. The lowest BCUT2D eigenvalue weighted by molar-refractivity contribution is 0.0656. The van der Waals surface area contributed by atoms with Crippen molar-refractivity contribution in [2.45, 2.75) is 11.6 Å². The molecule has 0 aliphatic carbocycles. The van der Waals surface area contributed by atoms with Gasteiger partial charge < -0.3 is 9.52 Å². The Morgan fingerprint density at radius 2 is 2.26 bits per heavy atom. The highest BCUT2D eigenvalue weighted by Crippen LogP contribution is 2.14. The summed E-state index contributed by atoms with van der Waals surface area (Å²) in [5.41, 5.74) is 0.677. The van der Waals surface area contributed by atoms with E-state index in [1.54, 1.807) is 17.9 Å². The third-order valence-corrected chi connectivity index (χ3v) is 3.56. The lowest BCUT2D eigenvalue weighted by Gasteiger charge is -2.01. The van der Waals surface area contributed by atoms with Crippen molar-refractivity contribution in [3.05, 3.63) is 35.9 Å². The highest BCUT2D eigenvalue weighted by Gasteiger charge is 2.20.